The van der Waals surface area contributed by atoms with E-state index in [-0.39, 0.29) is 11.6 Å². The largest absolute Gasteiger partial charge is 0.372 e. The van der Waals surface area contributed by atoms with Crippen molar-refractivity contribution in [2.75, 3.05) is 45.2 Å². The highest BCUT2D eigenvalue weighted by molar-refractivity contribution is 5.95. The number of nitrogens with zero attached hydrogens (tertiary/aromatic N) is 4. The number of hydrogen-bond donors (Lipinski definition) is 0. The normalized spacial score (nSPS) is 14.8. The summed E-state index contributed by atoms with van der Waals surface area (Å²) in [5.74, 6) is -0.149. The average molecular weight is 382 g/mol. The molecule has 0 atom stereocenters. The summed E-state index contributed by atoms with van der Waals surface area (Å²) >= 11 is 0. The first-order chi connectivity index (χ1) is 13.3. The minimum absolute atomic E-state index is 0.0473. The SMILES string of the molecule is Cc1cccc(CN2CCN(C(=O)c3ccc(N(C)C)c([N+](=O)[O-])c3)CC2)c1. The number of carbonyl (C=O) groups is 1. The minimum Gasteiger partial charge on any atom is -0.372 e. The summed E-state index contributed by atoms with van der Waals surface area (Å²) in [7, 11) is 3.49. The third-order valence-electron chi connectivity index (χ3n) is 5.05. The molecule has 148 valence electrons. The Hall–Kier alpha value is -2.93. The van der Waals surface area contributed by atoms with Gasteiger partial charge in [-0.2, -0.15) is 0 Å². The predicted octanol–water partition coefficient (Wildman–Crippen LogP) is 2.93. The Kier molecular flexibility index (Phi) is 5.94. The van der Waals surface area contributed by atoms with Gasteiger partial charge in [-0.25, -0.2) is 0 Å². The molecule has 1 fully saturated rings. The number of hydrogen-bond acceptors (Lipinski definition) is 5. The molecule has 1 aliphatic rings. The number of nitro benzene ring substituents is 1. The molecular formula is C21H26N4O3. The number of benzene rings is 2. The number of carbonyl (C=O) groups excluding carboxylic acids is 1. The van der Waals surface area contributed by atoms with Gasteiger partial charge in [-0.15, -0.1) is 0 Å². The van der Waals surface area contributed by atoms with E-state index in [1.54, 1.807) is 36.0 Å². The van der Waals surface area contributed by atoms with E-state index in [4.69, 9.17) is 0 Å². The maximum absolute atomic E-state index is 12.8. The molecule has 0 N–H and O–H groups in total. The van der Waals surface area contributed by atoms with Gasteiger partial charge in [-0.3, -0.25) is 19.8 Å². The van der Waals surface area contributed by atoms with Crippen LogP contribution in [0, 0.1) is 17.0 Å². The van der Waals surface area contributed by atoms with Crippen molar-refractivity contribution in [1.82, 2.24) is 9.80 Å². The van der Waals surface area contributed by atoms with E-state index in [1.807, 2.05) is 0 Å². The van der Waals surface area contributed by atoms with Gasteiger partial charge in [0, 0.05) is 58.4 Å². The number of aryl methyl sites for hydroxylation is 1. The van der Waals surface area contributed by atoms with Crippen molar-refractivity contribution in [2.24, 2.45) is 0 Å². The van der Waals surface area contributed by atoms with Gasteiger partial charge in [0.15, 0.2) is 0 Å². The predicted molar refractivity (Wildman–Crippen MR) is 110 cm³/mol. The lowest BCUT2D eigenvalue weighted by atomic mass is 10.1. The molecule has 0 saturated carbocycles. The fourth-order valence-corrected chi connectivity index (χ4v) is 3.54. The molecule has 0 aliphatic carbocycles. The Labute approximate surface area is 165 Å². The molecule has 2 aromatic rings. The van der Waals surface area contributed by atoms with Gasteiger partial charge in [0.2, 0.25) is 0 Å². The lowest BCUT2D eigenvalue weighted by Crippen LogP contribution is -2.48. The van der Waals surface area contributed by atoms with Gasteiger partial charge in [-0.1, -0.05) is 29.8 Å². The van der Waals surface area contributed by atoms with Gasteiger partial charge >= 0.3 is 0 Å². The monoisotopic (exact) mass is 382 g/mol. The molecule has 0 radical (unpaired) electrons. The minimum atomic E-state index is -0.439. The Balaban J connectivity index is 1.65. The second-order valence-electron chi connectivity index (χ2n) is 7.41. The van der Waals surface area contributed by atoms with Gasteiger partial charge in [0.1, 0.15) is 5.69 Å². The molecule has 0 unspecified atom stereocenters. The lowest BCUT2D eigenvalue weighted by molar-refractivity contribution is -0.384. The summed E-state index contributed by atoms with van der Waals surface area (Å²) in [4.78, 5) is 29.5. The summed E-state index contributed by atoms with van der Waals surface area (Å²) in [5, 5.41) is 11.4. The topological polar surface area (TPSA) is 69.9 Å². The number of amides is 1. The quantitative estimate of drug-likeness (QED) is 0.587. The van der Waals surface area contributed by atoms with E-state index in [2.05, 4.69) is 36.1 Å². The van der Waals surface area contributed by atoms with Crippen LogP contribution in [0.25, 0.3) is 0 Å². The smallest absolute Gasteiger partial charge is 0.293 e. The van der Waals surface area contributed by atoms with Crippen molar-refractivity contribution in [3.05, 3.63) is 69.3 Å². The summed E-state index contributed by atoms with van der Waals surface area (Å²) in [6.07, 6.45) is 0. The highest BCUT2D eigenvalue weighted by Crippen LogP contribution is 2.28. The zero-order valence-corrected chi connectivity index (χ0v) is 16.6. The van der Waals surface area contributed by atoms with Gasteiger partial charge < -0.3 is 9.80 Å². The molecule has 3 rings (SSSR count). The van der Waals surface area contributed by atoms with Crippen molar-refractivity contribution in [2.45, 2.75) is 13.5 Å². The van der Waals surface area contributed by atoms with Crippen LogP contribution < -0.4 is 4.90 Å². The van der Waals surface area contributed by atoms with Crippen LogP contribution in [0.5, 0.6) is 0 Å². The van der Waals surface area contributed by atoms with E-state index in [0.717, 1.165) is 19.6 Å². The molecule has 0 bridgehead atoms. The molecule has 28 heavy (non-hydrogen) atoms. The molecule has 1 aliphatic heterocycles. The van der Waals surface area contributed by atoms with Crippen LogP contribution in [0.2, 0.25) is 0 Å². The second-order valence-corrected chi connectivity index (χ2v) is 7.41. The maximum atomic E-state index is 12.8. The zero-order chi connectivity index (χ0) is 20.3. The summed E-state index contributed by atoms with van der Waals surface area (Å²) in [6.45, 7) is 5.77. The summed E-state index contributed by atoms with van der Waals surface area (Å²) in [6, 6.07) is 13.1. The van der Waals surface area contributed by atoms with Crippen molar-refractivity contribution in [3.8, 4) is 0 Å². The number of piperazine rings is 1. The highest BCUT2D eigenvalue weighted by atomic mass is 16.6. The Morgan fingerprint density at radius 1 is 1.11 bits per heavy atom. The van der Waals surface area contributed by atoms with Crippen LogP contribution in [0.4, 0.5) is 11.4 Å². The molecule has 1 saturated heterocycles. The van der Waals surface area contributed by atoms with Gasteiger partial charge in [0.25, 0.3) is 11.6 Å². The van der Waals surface area contributed by atoms with Crippen LogP contribution in [0.15, 0.2) is 42.5 Å². The fourth-order valence-electron chi connectivity index (χ4n) is 3.54. The molecule has 1 heterocycles. The average Bonchev–Trinajstić information content (AvgIpc) is 2.67. The number of nitro groups is 1. The number of anilines is 1. The Morgan fingerprint density at radius 2 is 1.82 bits per heavy atom. The highest BCUT2D eigenvalue weighted by Gasteiger charge is 2.25. The molecule has 0 spiro atoms. The van der Waals surface area contributed by atoms with E-state index in [0.29, 0.717) is 24.3 Å². The molecule has 7 nitrogen and oxygen atoms in total. The first-order valence-electron chi connectivity index (χ1n) is 9.38. The van der Waals surface area contributed by atoms with Crippen molar-refractivity contribution >= 4 is 17.3 Å². The Bertz CT molecular complexity index is 874. The third-order valence-corrected chi connectivity index (χ3v) is 5.05. The van der Waals surface area contributed by atoms with E-state index in [9.17, 15) is 14.9 Å². The van der Waals surface area contributed by atoms with Gasteiger partial charge in [0.05, 0.1) is 4.92 Å². The molecule has 0 aromatic heterocycles. The second kappa shape index (κ2) is 8.39. The Morgan fingerprint density at radius 3 is 2.43 bits per heavy atom. The van der Waals surface area contributed by atoms with Crippen LogP contribution in [-0.4, -0.2) is 60.9 Å². The van der Waals surface area contributed by atoms with Crippen LogP contribution >= 0.6 is 0 Å². The number of rotatable bonds is 5. The van der Waals surface area contributed by atoms with Crippen LogP contribution in [0.3, 0.4) is 0 Å². The standard InChI is InChI=1S/C21H26N4O3/c1-16-5-4-6-17(13-16)15-23-9-11-24(12-10-23)21(26)18-7-8-19(22(2)3)20(14-18)25(27)28/h4-8,13-14H,9-12,15H2,1-3H3. The van der Waals surface area contributed by atoms with Crippen molar-refractivity contribution in [3.63, 3.8) is 0 Å². The first-order valence-corrected chi connectivity index (χ1v) is 9.38. The summed E-state index contributed by atoms with van der Waals surface area (Å²) < 4.78 is 0. The summed E-state index contributed by atoms with van der Waals surface area (Å²) in [5.41, 5.74) is 3.33. The zero-order valence-electron chi connectivity index (χ0n) is 16.6. The van der Waals surface area contributed by atoms with Gasteiger partial charge in [-0.05, 0) is 24.6 Å². The van der Waals surface area contributed by atoms with Crippen LogP contribution in [0.1, 0.15) is 21.5 Å². The van der Waals surface area contributed by atoms with Crippen molar-refractivity contribution < 1.29 is 9.72 Å². The van der Waals surface area contributed by atoms with E-state index >= 15 is 0 Å². The van der Waals surface area contributed by atoms with E-state index in [1.165, 1.54) is 17.2 Å². The maximum Gasteiger partial charge on any atom is 0.293 e. The molecular weight excluding hydrogens is 356 g/mol. The van der Waals surface area contributed by atoms with E-state index < -0.39 is 4.92 Å². The van der Waals surface area contributed by atoms with Crippen molar-refractivity contribution in [1.29, 1.82) is 0 Å². The molecule has 1 amide bonds. The fraction of sp³-hybridized carbons (Fsp3) is 0.381. The molecule has 7 heteroatoms. The first kappa shape index (κ1) is 19.8. The lowest BCUT2D eigenvalue weighted by Gasteiger charge is -2.34. The third kappa shape index (κ3) is 4.48. The van der Waals surface area contributed by atoms with Crippen LogP contribution in [-0.2, 0) is 6.54 Å². The molecule has 2 aromatic carbocycles.